The summed E-state index contributed by atoms with van der Waals surface area (Å²) >= 11 is 0. The van der Waals surface area contributed by atoms with Gasteiger partial charge in [-0.25, -0.2) is 0 Å². The summed E-state index contributed by atoms with van der Waals surface area (Å²) in [6.45, 7) is 2.27. The number of fused-ring (bicyclic) bond motifs is 1. The molecule has 4 N–H and O–H groups in total. The molecule has 0 aliphatic heterocycles. The number of aromatic amines is 1. The molecular formula is C14H22N6. The van der Waals surface area contributed by atoms with Crippen molar-refractivity contribution in [2.24, 2.45) is 5.92 Å². The monoisotopic (exact) mass is 274 g/mol. The van der Waals surface area contributed by atoms with Gasteiger partial charge in [-0.15, -0.1) is 0 Å². The Hall–Kier alpha value is -1.85. The molecule has 1 fully saturated rings. The van der Waals surface area contributed by atoms with E-state index in [1.807, 2.05) is 0 Å². The highest BCUT2D eigenvalue weighted by atomic mass is 15.2. The van der Waals surface area contributed by atoms with Crippen LogP contribution in [0.3, 0.4) is 0 Å². The summed E-state index contributed by atoms with van der Waals surface area (Å²) in [5.41, 5.74) is 6.43. The van der Waals surface area contributed by atoms with Gasteiger partial charge in [-0.3, -0.25) is 5.10 Å². The molecule has 0 spiro atoms. The minimum absolute atomic E-state index is 0.281. The van der Waals surface area contributed by atoms with E-state index < -0.39 is 0 Å². The van der Waals surface area contributed by atoms with Crippen LogP contribution in [-0.2, 0) is 0 Å². The van der Waals surface area contributed by atoms with Crippen molar-refractivity contribution in [1.29, 1.82) is 0 Å². The fraction of sp³-hybridized carbons (Fsp3) is 0.643. The van der Waals surface area contributed by atoms with E-state index in [1.54, 1.807) is 6.20 Å². The zero-order chi connectivity index (χ0) is 13.9. The highest BCUT2D eigenvalue weighted by Gasteiger charge is 2.21. The summed E-state index contributed by atoms with van der Waals surface area (Å²) in [4.78, 5) is 8.45. The molecule has 0 amide bonds. The first kappa shape index (κ1) is 13.1. The minimum Gasteiger partial charge on any atom is -0.368 e. The summed E-state index contributed by atoms with van der Waals surface area (Å²) in [7, 11) is 0. The number of nitrogens with zero attached hydrogens (tertiary/aromatic N) is 3. The average Bonchev–Trinajstić information content (AvgIpc) is 2.89. The predicted molar refractivity (Wildman–Crippen MR) is 80.4 cm³/mol. The van der Waals surface area contributed by atoms with Crippen LogP contribution < -0.4 is 11.1 Å². The summed E-state index contributed by atoms with van der Waals surface area (Å²) in [5.74, 6) is 1.99. The van der Waals surface area contributed by atoms with Crippen LogP contribution in [0, 0.1) is 5.92 Å². The lowest BCUT2D eigenvalue weighted by molar-refractivity contribution is 0.318. The van der Waals surface area contributed by atoms with Crippen molar-refractivity contribution in [3.63, 3.8) is 0 Å². The highest BCUT2D eigenvalue weighted by molar-refractivity contribution is 5.86. The van der Waals surface area contributed by atoms with Crippen LogP contribution in [0.15, 0.2) is 6.20 Å². The molecule has 6 nitrogen and oxygen atoms in total. The molecule has 1 aliphatic carbocycles. The largest absolute Gasteiger partial charge is 0.368 e. The SMILES string of the molecule is CCCC1CCC(Nc2nc(N)nc3[nH]ncc23)CC1. The normalized spacial score (nSPS) is 23.1. The standard InChI is InChI=1S/C14H22N6/c1-2-3-9-4-6-10(7-5-9)17-12-11-8-16-20-13(11)19-14(15)18-12/h8-10H,2-7H2,1H3,(H4,15,16,17,18,19,20). The molecule has 2 heterocycles. The van der Waals surface area contributed by atoms with Crippen molar-refractivity contribution >= 4 is 22.8 Å². The number of anilines is 2. The van der Waals surface area contributed by atoms with Crippen molar-refractivity contribution in [3.05, 3.63) is 6.20 Å². The second kappa shape index (κ2) is 5.64. The summed E-state index contributed by atoms with van der Waals surface area (Å²) < 4.78 is 0. The molecule has 1 aliphatic rings. The smallest absolute Gasteiger partial charge is 0.224 e. The van der Waals surface area contributed by atoms with E-state index in [-0.39, 0.29) is 5.95 Å². The van der Waals surface area contributed by atoms with Gasteiger partial charge in [0.2, 0.25) is 5.95 Å². The molecule has 0 saturated heterocycles. The molecule has 2 aromatic rings. The average molecular weight is 274 g/mol. The van der Waals surface area contributed by atoms with Gasteiger partial charge in [-0.1, -0.05) is 19.8 Å². The Bertz CT molecular complexity index is 570. The molecule has 0 unspecified atom stereocenters. The zero-order valence-corrected chi connectivity index (χ0v) is 11.9. The van der Waals surface area contributed by atoms with Crippen LogP contribution in [0.5, 0.6) is 0 Å². The first-order valence-corrected chi connectivity index (χ1v) is 7.49. The number of aromatic nitrogens is 4. The summed E-state index contributed by atoms with van der Waals surface area (Å²) in [6, 6.07) is 0.482. The van der Waals surface area contributed by atoms with Crippen molar-refractivity contribution in [1.82, 2.24) is 20.2 Å². The van der Waals surface area contributed by atoms with E-state index in [1.165, 1.54) is 38.5 Å². The molecule has 0 aromatic carbocycles. The van der Waals surface area contributed by atoms with Gasteiger partial charge in [0.25, 0.3) is 0 Å². The van der Waals surface area contributed by atoms with Crippen LogP contribution >= 0.6 is 0 Å². The lowest BCUT2D eigenvalue weighted by Crippen LogP contribution is -2.26. The molecule has 20 heavy (non-hydrogen) atoms. The third-order valence-corrected chi connectivity index (χ3v) is 4.21. The first-order chi connectivity index (χ1) is 9.76. The van der Waals surface area contributed by atoms with Gasteiger partial charge >= 0.3 is 0 Å². The van der Waals surface area contributed by atoms with Crippen molar-refractivity contribution in [3.8, 4) is 0 Å². The maximum Gasteiger partial charge on any atom is 0.224 e. The van der Waals surface area contributed by atoms with Crippen molar-refractivity contribution in [2.75, 3.05) is 11.1 Å². The van der Waals surface area contributed by atoms with E-state index in [2.05, 4.69) is 32.4 Å². The molecule has 0 radical (unpaired) electrons. The number of nitrogen functional groups attached to an aromatic ring is 1. The second-order valence-corrected chi connectivity index (χ2v) is 5.71. The number of H-pyrrole nitrogens is 1. The molecule has 0 bridgehead atoms. The van der Waals surface area contributed by atoms with E-state index in [9.17, 15) is 0 Å². The van der Waals surface area contributed by atoms with Gasteiger partial charge in [0.15, 0.2) is 5.65 Å². The van der Waals surface area contributed by atoms with Gasteiger partial charge in [0, 0.05) is 6.04 Å². The van der Waals surface area contributed by atoms with Gasteiger partial charge in [0.1, 0.15) is 5.82 Å². The van der Waals surface area contributed by atoms with E-state index >= 15 is 0 Å². The van der Waals surface area contributed by atoms with E-state index in [0.29, 0.717) is 11.7 Å². The summed E-state index contributed by atoms with van der Waals surface area (Å²) in [6.07, 6.45) is 9.42. The van der Waals surface area contributed by atoms with Gasteiger partial charge in [0.05, 0.1) is 11.6 Å². The Morgan fingerprint density at radius 1 is 1.30 bits per heavy atom. The number of nitrogens with two attached hydrogens (primary N) is 1. The van der Waals surface area contributed by atoms with Gasteiger partial charge in [-0.2, -0.15) is 15.1 Å². The van der Waals surface area contributed by atoms with Gasteiger partial charge < -0.3 is 11.1 Å². The molecule has 6 heteroatoms. The molecule has 1 saturated carbocycles. The molecule has 0 atom stereocenters. The topological polar surface area (TPSA) is 92.5 Å². The molecular weight excluding hydrogens is 252 g/mol. The number of hydrogen-bond acceptors (Lipinski definition) is 5. The Labute approximate surface area is 118 Å². The summed E-state index contributed by atoms with van der Waals surface area (Å²) in [5, 5.41) is 11.3. The van der Waals surface area contributed by atoms with E-state index in [0.717, 1.165) is 17.1 Å². The first-order valence-electron chi connectivity index (χ1n) is 7.49. The maximum atomic E-state index is 5.74. The Morgan fingerprint density at radius 2 is 2.10 bits per heavy atom. The molecule has 2 aromatic heterocycles. The predicted octanol–water partition coefficient (Wildman–Crippen LogP) is 2.71. The van der Waals surface area contributed by atoms with Crippen LogP contribution in [-0.4, -0.2) is 26.2 Å². The second-order valence-electron chi connectivity index (χ2n) is 5.71. The minimum atomic E-state index is 0.281. The third kappa shape index (κ3) is 2.69. The Balaban J connectivity index is 1.69. The highest BCUT2D eigenvalue weighted by Crippen LogP contribution is 2.30. The quantitative estimate of drug-likeness (QED) is 0.797. The number of hydrogen-bond donors (Lipinski definition) is 3. The maximum absolute atomic E-state index is 5.74. The van der Waals surface area contributed by atoms with Crippen LogP contribution in [0.1, 0.15) is 45.4 Å². The Kier molecular flexibility index (Phi) is 3.71. The van der Waals surface area contributed by atoms with Crippen LogP contribution in [0.4, 0.5) is 11.8 Å². The van der Waals surface area contributed by atoms with Crippen LogP contribution in [0.2, 0.25) is 0 Å². The van der Waals surface area contributed by atoms with Gasteiger partial charge in [-0.05, 0) is 31.6 Å². The lowest BCUT2D eigenvalue weighted by atomic mass is 9.83. The zero-order valence-electron chi connectivity index (χ0n) is 11.9. The van der Waals surface area contributed by atoms with Crippen LogP contribution in [0.25, 0.3) is 11.0 Å². The van der Waals surface area contributed by atoms with Crippen molar-refractivity contribution in [2.45, 2.75) is 51.5 Å². The fourth-order valence-electron chi connectivity index (χ4n) is 3.16. The molecule has 108 valence electrons. The Morgan fingerprint density at radius 3 is 2.85 bits per heavy atom. The number of rotatable bonds is 4. The van der Waals surface area contributed by atoms with E-state index in [4.69, 9.17) is 5.73 Å². The third-order valence-electron chi connectivity index (χ3n) is 4.21. The number of nitrogens with one attached hydrogen (secondary N) is 2. The lowest BCUT2D eigenvalue weighted by Gasteiger charge is -2.29. The molecule has 3 rings (SSSR count). The fourth-order valence-corrected chi connectivity index (χ4v) is 3.16. The van der Waals surface area contributed by atoms with Crippen molar-refractivity contribution < 1.29 is 0 Å².